The highest BCUT2D eigenvalue weighted by Crippen LogP contribution is 2.27. The van der Waals surface area contributed by atoms with E-state index in [4.69, 9.17) is 16.6 Å². The maximum Gasteiger partial charge on any atom is 0.189 e. The fraction of sp³-hybridized carbons (Fsp3) is 0.0588. The molecule has 25 heavy (non-hydrogen) atoms. The first-order valence-corrected chi connectivity index (χ1v) is 8.92. The summed E-state index contributed by atoms with van der Waals surface area (Å²) in [5, 5.41) is 18.3. The number of para-hydroxylation sites is 2. The molecule has 122 valence electrons. The van der Waals surface area contributed by atoms with E-state index in [0.717, 1.165) is 16.9 Å². The number of benzene rings is 1. The number of nitrogens with one attached hydrogen (secondary N) is 1. The highest BCUT2D eigenvalue weighted by atomic mass is 35.5. The van der Waals surface area contributed by atoms with E-state index in [0.29, 0.717) is 28.6 Å². The van der Waals surface area contributed by atoms with Crippen LogP contribution in [0.5, 0.6) is 0 Å². The van der Waals surface area contributed by atoms with Gasteiger partial charge in [0, 0.05) is 17.4 Å². The molecule has 1 aromatic carbocycles. The van der Waals surface area contributed by atoms with E-state index in [1.165, 1.54) is 4.88 Å². The second kappa shape index (κ2) is 5.65. The van der Waals surface area contributed by atoms with E-state index in [2.05, 4.69) is 36.2 Å². The summed E-state index contributed by atoms with van der Waals surface area (Å²) in [6.45, 7) is 0. The van der Waals surface area contributed by atoms with Crippen LogP contribution in [0.3, 0.4) is 0 Å². The van der Waals surface area contributed by atoms with E-state index in [1.54, 1.807) is 17.4 Å². The van der Waals surface area contributed by atoms with E-state index >= 15 is 0 Å². The Bertz CT molecular complexity index is 1190. The molecule has 0 unspecified atom stereocenters. The van der Waals surface area contributed by atoms with Crippen molar-refractivity contribution in [2.75, 3.05) is 0 Å². The molecule has 4 heterocycles. The van der Waals surface area contributed by atoms with Crippen LogP contribution in [0.25, 0.3) is 28.1 Å². The molecule has 0 radical (unpaired) electrons. The molecule has 0 amide bonds. The van der Waals surface area contributed by atoms with Gasteiger partial charge in [-0.25, -0.2) is 4.98 Å². The summed E-state index contributed by atoms with van der Waals surface area (Å²) in [6, 6.07) is 13.8. The smallest absolute Gasteiger partial charge is 0.189 e. The first-order valence-electron chi connectivity index (χ1n) is 7.66. The number of aromatic amines is 1. The first kappa shape index (κ1) is 14.6. The molecule has 0 fully saturated rings. The van der Waals surface area contributed by atoms with Crippen LogP contribution in [-0.4, -0.2) is 29.8 Å². The molecule has 4 aromatic heterocycles. The van der Waals surface area contributed by atoms with Crippen LogP contribution in [0.2, 0.25) is 5.15 Å². The Balaban J connectivity index is 1.82. The molecule has 0 saturated heterocycles. The van der Waals surface area contributed by atoms with Crippen LogP contribution in [0.15, 0.2) is 47.8 Å². The van der Waals surface area contributed by atoms with Gasteiger partial charge in [0.15, 0.2) is 5.65 Å². The lowest BCUT2D eigenvalue weighted by Crippen LogP contribution is -2.00. The molecule has 6 nitrogen and oxygen atoms in total. The van der Waals surface area contributed by atoms with Gasteiger partial charge in [-0.2, -0.15) is 5.10 Å². The fourth-order valence-electron chi connectivity index (χ4n) is 2.92. The Morgan fingerprint density at radius 2 is 2.04 bits per heavy atom. The summed E-state index contributed by atoms with van der Waals surface area (Å²) in [6.07, 6.45) is 0.716. The summed E-state index contributed by atoms with van der Waals surface area (Å²) in [7, 11) is 0. The number of aromatic nitrogens is 6. The molecular weight excluding hydrogens is 356 g/mol. The number of nitrogens with zero attached hydrogens (tertiary/aromatic N) is 5. The largest absolute Gasteiger partial charge is 0.275 e. The number of fused-ring (bicyclic) bond motifs is 3. The maximum absolute atomic E-state index is 5.99. The number of rotatable bonds is 3. The molecule has 0 saturated carbocycles. The third-order valence-corrected chi connectivity index (χ3v) is 5.07. The molecule has 0 aliphatic rings. The first-order chi connectivity index (χ1) is 12.3. The van der Waals surface area contributed by atoms with Gasteiger partial charge in [0.1, 0.15) is 22.4 Å². The molecule has 1 N–H and O–H groups in total. The molecule has 8 heteroatoms. The van der Waals surface area contributed by atoms with Gasteiger partial charge < -0.3 is 0 Å². The van der Waals surface area contributed by atoms with Crippen LogP contribution < -0.4 is 0 Å². The van der Waals surface area contributed by atoms with Gasteiger partial charge in [0.25, 0.3) is 0 Å². The Morgan fingerprint density at radius 1 is 1.12 bits per heavy atom. The maximum atomic E-state index is 5.99. The molecule has 0 aliphatic heterocycles. The Labute approximate surface area is 151 Å². The highest BCUT2D eigenvalue weighted by Gasteiger charge is 2.18. The van der Waals surface area contributed by atoms with Crippen LogP contribution in [-0.2, 0) is 6.42 Å². The van der Waals surface area contributed by atoms with Crippen LogP contribution in [0.1, 0.15) is 10.7 Å². The minimum absolute atomic E-state index is 0.460. The van der Waals surface area contributed by atoms with Gasteiger partial charge in [-0.1, -0.05) is 29.8 Å². The van der Waals surface area contributed by atoms with Crippen molar-refractivity contribution in [2.45, 2.75) is 6.42 Å². The SMILES string of the molecule is Clc1cc(-c2nc3ccccc3n3c(Cc4cccs4)nnc23)n[nH]1. The third kappa shape index (κ3) is 2.40. The quantitative estimate of drug-likeness (QED) is 0.524. The molecule has 0 bridgehead atoms. The minimum Gasteiger partial charge on any atom is -0.275 e. The summed E-state index contributed by atoms with van der Waals surface area (Å²) in [4.78, 5) is 5.97. The number of halogens is 1. The third-order valence-electron chi connectivity index (χ3n) is 4.00. The summed E-state index contributed by atoms with van der Waals surface area (Å²) in [5.41, 5.74) is 3.81. The standard InChI is InChI=1S/C17H11ClN6S/c18-14-9-12(20-21-14)16-17-23-22-15(8-10-4-3-7-25-10)24(17)13-6-2-1-5-11(13)19-16/h1-7,9H,8H2,(H,20,21). The molecule has 5 rings (SSSR count). The van der Waals surface area contributed by atoms with E-state index < -0.39 is 0 Å². The molecule has 0 spiro atoms. The molecule has 5 aromatic rings. The Hall–Kier alpha value is -2.77. The van der Waals surface area contributed by atoms with Gasteiger partial charge in [-0.15, -0.1) is 21.5 Å². The predicted molar refractivity (Wildman–Crippen MR) is 98.0 cm³/mol. The second-order valence-corrected chi connectivity index (χ2v) is 7.02. The number of hydrogen-bond acceptors (Lipinski definition) is 5. The van der Waals surface area contributed by atoms with Gasteiger partial charge >= 0.3 is 0 Å². The van der Waals surface area contributed by atoms with Gasteiger partial charge in [-0.3, -0.25) is 9.50 Å². The van der Waals surface area contributed by atoms with Crippen molar-refractivity contribution in [1.29, 1.82) is 0 Å². The summed E-state index contributed by atoms with van der Waals surface area (Å²) >= 11 is 7.70. The predicted octanol–water partition coefficient (Wildman–Crippen LogP) is 3.97. The van der Waals surface area contributed by atoms with Crippen LogP contribution in [0, 0.1) is 0 Å². The zero-order chi connectivity index (χ0) is 16.8. The van der Waals surface area contributed by atoms with E-state index in [9.17, 15) is 0 Å². The monoisotopic (exact) mass is 366 g/mol. The van der Waals surface area contributed by atoms with Crippen molar-refractivity contribution in [3.8, 4) is 11.4 Å². The van der Waals surface area contributed by atoms with Gasteiger partial charge in [0.05, 0.1) is 11.0 Å². The van der Waals surface area contributed by atoms with Crippen molar-refractivity contribution in [3.63, 3.8) is 0 Å². The number of H-pyrrole nitrogens is 1. The van der Waals surface area contributed by atoms with Gasteiger partial charge in [-0.05, 0) is 23.6 Å². The Kier molecular flexibility index (Phi) is 3.29. The average molecular weight is 367 g/mol. The van der Waals surface area contributed by atoms with Crippen molar-refractivity contribution in [2.24, 2.45) is 0 Å². The van der Waals surface area contributed by atoms with Crippen molar-refractivity contribution >= 4 is 39.6 Å². The molecule has 0 aliphatic carbocycles. The van der Waals surface area contributed by atoms with Crippen LogP contribution in [0.4, 0.5) is 0 Å². The zero-order valence-electron chi connectivity index (χ0n) is 12.8. The number of thiophene rings is 1. The van der Waals surface area contributed by atoms with E-state index in [1.807, 2.05) is 30.3 Å². The highest BCUT2D eigenvalue weighted by molar-refractivity contribution is 7.09. The lowest BCUT2D eigenvalue weighted by Gasteiger charge is -2.07. The van der Waals surface area contributed by atoms with E-state index in [-0.39, 0.29) is 0 Å². The number of hydrogen-bond donors (Lipinski definition) is 1. The van der Waals surface area contributed by atoms with Crippen molar-refractivity contribution in [3.05, 3.63) is 63.7 Å². The zero-order valence-corrected chi connectivity index (χ0v) is 14.4. The lowest BCUT2D eigenvalue weighted by atomic mass is 10.2. The van der Waals surface area contributed by atoms with Gasteiger partial charge in [0.2, 0.25) is 0 Å². The normalized spacial score (nSPS) is 11.6. The molecule has 0 atom stereocenters. The average Bonchev–Trinajstić information content (AvgIpc) is 3.36. The van der Waals surface area contributed by atoms with Crippen molar-refractivity contribution in [1.82, 2.24) is 29.8 Å². The topological polar surface area (TPSA) is 71.8 Å². The summed E-state index contributed by atoms with van der Waals surface area (Å²) < 4.78 is 2.06. The second-order valence-electron chi connectivity index (χ2n) is 5.58. The Morgan fingerprint density at radius 3 is 2.84 bits per heavy atom. The fourth-order valence-corrected chi connectivity index (χ4v) is 3.76. The lowest BCUT2D eigenvalue weighted by molar-refractivity contribution is 0.958. The molecular formula is C17H11ClN6S. The summed E-state index contributed by atoms with van der Waals surface area (Å²) in [5.74, 6) is 0.874. The minimum atomic E-state index is 0.460. The van der Waals surface area contributed by atoms with Crippen LogP contribution >= 0.6 is 22.9 Å². The van der Waals surface area contributed by atoms with Crippen molar-refractivity contribution < 1.29 is 0 Å².